The fourth-order valence-corrected chi connectivity index (χ4v) is 11.7. The molecule has 5 heterocycles. The summed E-state index contributed by atoms with van der Waals surface area (Å²) in [5, 5.41) is 11.5. The first-order valence-electron chi connectivity index (χ1n) is 24.1. The highest BCUT2D eigenvalue weighted by molar-refractivity contribution is 6.15. The Labute approximate surface area is 405 Å². The largest absolute Gasteiger partial charge is 0.456 e. The lowest BCUT2D eigenvalue weighted by Gasteiger charge is -2.16. The molecule has 330 valence electrons. The SMILES string of the molecule is c1ccc2c(c1)oc1ccc(-c3ccc4c(c3)c3ccccc3n4-c3cc(-c4cccc5oc6ccccc6c45)cc(-n4c5ccccc5c5cc(-c6ccc7oc8ccccc8c7c6)ccc54)c3)cc12. The maximum Gasteiger partial charge on any atom is 0.136 e. The maximum absolute atomic E-state index is 6.50. The van der Waals surface area contributed by atoms with Crippen LogP contribution >= 0.6 is 0 Å². The Bertz CT molecular complexity index is 4650. The number of hydrogen-bond acceptors (Lipinski definition) is 3. The van der Waals surface area contributed by atoms with Gasteiger partial charge in [-0.25, -0.2) is 0 Å². The number of aromatic nitrogens is 2. The summed E-state index contributed by atoms with van der Waals surface area (Å²) in [6, 6.07) is 83.0. The van der Waals surface area contributed by atoms with E-state index in [0.29, 0.717) is 0 Å². The lowest BCUT2D eigenvalue weighted by atomic mass is 9.98. The molecule has 0 fully saturated rings. The van der Waals surface area contributed by atoms with Crippen LogP contribution in [0.5, 0.6) is 0 Å². The molecule has 0 saturated carbocycles. The molecule has 0 N–H and O–H groups in total. The fourth-order valence-electron chi connectivity index (χ4n) is 11.7. The standard InChI is InChI=1S/C66H38N2O3/c1-6-18-56-47(12-1)52-34-39(41-26-30-63-54(36-41)49-14-3-8-20-60(49)69-63)24-28-58(52)67(56)44-32-43(46-17-11-23-65-66(46)51-16-5-10-22-62(51)71-65)33-45(38-44)68-57-19-7-2-13-48(57)53-35-40(25-29-59(53)68)42-27-31-64-55(37-42)50-15-4-9-21-61(50)70-64/h1-38H. The third-order valence-electron chi connectivity index (χ3n) is 14.9. The second-order valence-electron chi connectivity index (χ2n) is 18.8. The summed E-state index contributed by atoms with van der Waals surface area (Å²) in [7, 11) is 0. The first-order chi connectivity index (χ1) is 35.2. The van der Waals surface area contributed by atoms with Crippen molar-refractivity contribution in [3.63, 3.8) is 0 Å². The molecule has 0 unspecified atom stereocenters. The van der Waals surface area contributed by atoms with Crippen LogP contribution in [0.2, 0.25) is 0 Å². The van der Waals surface area contributed by atoms with Gasteiger partial charge in [0.15, 0.2) is 0 Å². The zero-order valence-electron chi connectivity index (χ0n) is 38.1. The fraction of sp³-hybridized carbons (Fsp3) is 0. The van der Waals surface area contributed by atoms with Crippen molar-refractivity contribution in [2.24, 2.45) is 0 Å². The molecule has 5 nitrogen and oxygen atoms in total. The highest BCUT2D eigenvalue weighted by atomic mass is 16.3. The minimum absolute atomic E-state index is 0.868. The summed E-state index contributed by atoms with van der Waals surface area (Å²) < 4.78 is 23.8. The molecule has 5 aromatic heterocycles. The Kier molecular flexibility index (Phi) is 7.82. The van der Waals surface area contributed by atoms with E-state index < -0.39 is 0 Å². The van der Waals surface area contributed by atoms with Gasteiger partial charge in [0.2, 0.25) is 0 Å². The number of nitrogens with zero attached hydrogens (tertiary/aromatic N) is 2. The molecule has 0 amide bonds. The van der Waals surface area contributed by atoms with Gasteiger partial charge in [0, 0.05) is 65.2 Å². The van der Waals surface area contributed by atoms with Crippen molar-refractivity contribution in [2.45, 2.75) is 0 Å². The van der Waals surface area contributed by atoms with Gasteiger partial charge in [-0.1, -0.05) is 127 Å². The third kappa shape index (κ3) is 5.63. The summed E-state index contributed by atoms with van der Waals surface area (Å²) in [5.41, 5.74) is 18.8. The van der Waals surface area contributed by atoms with Crippen LogP contribution in [0.3, 0.4) is 0 Å². The number of rotatable bonds is 5. The highest BCUT2D eigenvalue weighted by Gasteiger charge is 2.21. The highest BCUT2D eigenvalue weighted by Crippen LogP contribution is 2.44. The van der Waals surface area contributed by atoms with E-state index in [2.05, 4.69) is 209 Å². The molecule has 0 aliphatic carbocycles. The molecule has 16 aromatic rings. The number of fused-ring (bicyclic) bond motifs is 15. The Hall–Kier alpha value is -9.58. The topological polar surface area (TPSA) is 49.3 Å². The quantitative estimate of drug-likeness (QED) is 0.173. The van der Waals surface area contributed by atoms with Crippen LogP contribution in [0, 0.1) is 0 Å². The molecule has 0 bridgehead atoms. The van der Waals surface area contributed by atoms with Crippen molar-refractivity contribution in [3.8, 4) is 44.8 Å². The predicted octanol–water partition coefficient (Wildman–Crippen LogP) is 18.6. The van der Waals surface area contributed by atoms with Gasteiger partial charge in [0.1, 0.15) is 33.5 Å². The Morgan fingerprint density at radius 3 is 1.14 bits per heavy atom. The van der Waals surface area contributed by atoms with Crippen LogP contribution in [0.25, 0.3) is 154 Å². The molecule has 0 aliphatic rings. The maximum atomic E-state index is 6.50. The van der Waals surface area contributed by atoms with Gasteiger partial charge in [-0.2, -0.15) is 0 Å². The average Bonchev–Trinajstić information content (AvgIpc) is 4.24. The summed E-state index contributed by atoms with van der Waals surface area (Å²) in [4.78, 5) is 0. The van der Waals surface area contributed by atoms with E-state index >= 15 is 0 Å². The molecule has 0 radical (unpaired) electrons. The van der Waals surface area contributed by atoms with Crippen LogP contribution in [0.1, 0.15) is 0 Å². The van der Waals surface area contributed by atoms with E-state index in [0.717, 1.165) is 133 Å². The van der Waals surface area contributed by atoms with Gasteiger partial charge in [0.05, 0.1) is 22.1 Å². The van der Waals surface area contributed by atoms with E-state index in [1.165, 1.54) is 21.5 Å². The van der Waals surface area contributed by atoms with E-state index in [1.54, 1.807) is 0 Å². The molecule has 16 rings (SSSR count). The van der Waals surface area contributed by atoms with E-state index in [4.69, 9.17) is 13.3 Å². The molecule has 0 spiro atoms. The number of furan rings is 3. The van der Waals surface area contributed by atoms with Gasteiger partial charge < -0.3 is 22.4 Å². The first kappa shape index (κ1) is 38.4. The molecule has 5 heteroatoms. The smallest absolute Gasteiger partial charge is 0.136 e. The molecule has 0 aliphatic heterocycles. The lowest BCUT2D eigenvalue weighted by Crippen LogP contribution is -2.00. The van der Waals surface area contributed by atoms with Crippen LogP contribution in [-0.4, -0.2) is 9.13 Å². The first-order valence-corrected chi connectivity index (χ1v) is 24.1. The van der Waals surface area contributed by atoms with Gasteiger partial charge in [-0.15, -0.1) is 0 Å². The average molecular weight is 907 g/mol. The third-order valence-corrected chi connectivity index (χ3v) is 14.9. The second kappa shape index (κ2) is 14.5. The number of benzene rings is 11. The van der Waals surface area contributed by atoms with Crippen molar-refractivity contribution in [2.75, 3.05) is 0 Å². The van der Waals surface area contributed by atoms with Crippen LogP contribution in [0.4, 0.5) is 0 Å². The summed E-state index contributed by atoms with van der Waals surface area (Å²) in [5.74, 6) is 0. The lowest BCUT2D eigenvalue weighted by molar-refractivity contribution is 0.668. The zero-order valence-corrected chi connectivity index (χ0v) is 38.1. The number of para-hydroxylation sites is 5. The molecule has 11 aromatic carbocycles. The monoisotopic (exact) mass is 906 g/mol. The summed E-state index contributed by atoms with van der Waals surface area (Å²) >= 11 is 0. The van der Waals surface area contributed by atoms with E-state index in [9.17, 15) is 0 Å². The number of hydrogen-bond donors (Lipinski definition) is 0. The van der Waals surface area contributed by atoms with Crippen LogP contribution in [0.15, 0.2) is 244 Å². The molecule has 0 saturated heterocycles. The normalized spacial score (nSPS) is 12.2. The van der Waals surface area contributed by atoms with Crippen molar-refractivity contribution < 1.29 is 13.3 Å². The Morgan fingerprint density at radius 2 is 0.606 bits per heavy atom. The minimum atomic E-state index is 0.868. The van der Waals surface area contributed by atoms with E-state index in [1.807, 2.05) is 30.3 Å². The van der Waals surface area contributed by atoms with Crippen LogP contribution < -0.4 is 0 Å². The zero-order chi connectivity index (χ0) is 46.3. The van der Waals surface area contributed by atoms with Crippen molar-refractivity contribution in [1.82, 2.24) is 9.13 Å². The Balaban J connectivity index is 0.933. The van der Waals surface area contributed by atoms with E-state index in [-0.39, 0.29) is 0 Å². The predicted molar refractivity (Wildman–Crippen MR) is 293 cm³/mol. The van der Waals surface area contributed by atoms with Crippen LogP contribution in [-0.2, 0) is 0 Å². The van der Waals surface area contributed by atoms with Crippen molar-refractivity contribution >= 4 is 109 Å². The van der Waals surface area contributed by atoms with Gasteiger partial charge >= 0.3 is 0 Å². The molecule has 0 atom stereocenters. The Morgan fingerprint density at radius 1 is 0.225 bits per heavy atom. The summed E-state index contributed by atoms with van der Waals surface area (Å²) in [6.45, 7) is 0. The van der Waals surface area contributed by atoms with Crippen molar-refractivity contribution in [3.05, 3.63) is 231 Å². The molecule has 71 heavy (non-hydrogen) atoms. The van der Waals surface area contributed by atoms with Gasteiger partial charge in [-0.3, -0.25) is 0 Å². The molecular formula is C66H38N2O3. The van der Waals surface area contributed by atoms with Crippen molar-refractivity contribution in [1.29, 1.82) is 0 Å². The van der Waals surface area contributed by atoms with Gasteiger partial charge in [-0.05, 0) is 137 Å². The molecular weight excluding hydrogens is 869 g/mol. The minimum Gasteiger partial charge on any atom is -0.456 e. The second-order valence-corrected chi connectivity index (χ2v) is 18.8. The van der Waals surface area contributed by atoms with Gasteiger partial charge in [0.25, 0.3) is 0 Å². The summed E-state index contributed by atoms with van der Waals surface area (Å²) in [6.07, 6.45) is 0.